The topological polar surface area (TPSA) is 92.7 Å². The van der Waals surface area contributed by atoms with Gasteiger partial charge >= 0.3 is 12.1 Å². The molecule has 0 saturated carbocycles. The molecule has 6 nitrogen and oxygen atoms in total. The van der Waals surface area contributed by atoms with Crippen molar-refractivity contribution in [3.05, 3.63) is 59.7 Å². The first-order valence-corrected chi connectivity index (χ1v) is 8.31. The van der Waals surface area contributed by atoms with E-state index in [-0.39, 0.29) is 24.7 Å². The summed E-state index contributed by atoms with van der Waals surface area (Å²) in [6.45, 7) is 1.36. The molecular weight excluding hydrogens is 334 g/mol. The van der Waals surface area contributed by atoms with Crippen molar-refractivity contribution in [1.29, 1.82) is 0 Å². The van der Waals surface area contributed by atoms with Crippen molar-refractivity contribution in [3.63, 3.8) is 0 Å². The number of rotatable bonds is 6. The van der Waals surface area contributed by atoms with Crippen LogP contribution < -0.4 is 5.32 Å². The van der Waals surface area contributed by atoms with E-state index < -0.39 is 18.1 Å². The molecule has 0 bridgehead atoms. The standard InChI is InChI=1S/C20H19NO5/c1-12(22)10-18(19(23)24)21-20(25)26-11-17-15-8-4-2-6-13(15)14-7-3-5-9-16(14)17/h2-9,17-18H,10-11H2,1H3,(H,21,25)(H,23,24). The number of ether oxygens (including phenoxy) is 1. The van der Waals surface area contributed by atoms with Gasteiger partial charge in [-0.15, -0.1) is 0 Å². The number of carboxylic acid groups (broad SMARTS) is 1. The molecule has 1 aliphatic rings. The van der Waals surface area contributed by atoms with Crippen LogP contribution >= 0.6 is 0 Å². The van der Waals surface area contributed by atoms with Crippen LogP contribution in [0.4, 0.5) is 4.79 Å². The molecule has 26 heavy (non-hydrogen) atoms. The molecule has 3 rings (SSSR count). The molecule has 1 amide bonds. The highest BCUT2D eigenvalue weighted by Crippen LogP contribution is 2.44. The summed E-state index contributed by atoms with van der Waals surface area (Å²) in [7, 11) is 0. The number of benzene rings is 2. The van der Waals surface area contributed by atoms with E-state index in [1.807, 2.05) is 48.5 Å². The lowest BCUT2D eigenvalue weighted by atomic mass is 9.98. The SMILES string of the molecule is CC(=O)CC(NC(=O)OCC1c2ccccc2-c2ccccc21)C(=O)O. The van der Waals surface area contributed by atoms with E-state index in [1.165, 1.54) is 6.92 Å². The molecule has 0 spiro atoms. The second kappa shape index (κ2) is 7.39. The van der Waals surface area contributed by atoms with Gasteiger partial charge in [-0.25, -0.2) is 9.59 Å². The summed E-state index contributed by atoms with van der Waals surface area (Å²) in [6.07, 6.45) is -1.12. The lowest BCUT2D eigenvalue weighted by Gasteiger charge is -2.16. The molecule has 0 saturated heterocycles. The minimum Gasteiger partial charge on any atom is -0.480 e. The van der Waals surface area contributed by atoms with Crippen LogP contribution in [0, 0.1) is 0 Å². The normalized spacial score (nSPS) is 13.4. The average Bonchev–Trinajstić information content (AvgIpc) is 2.93. The van der Waals surface area contributed by atoms with Crippen molar-refractivity contribution in [2.24, 2.45) is 0 Å². The van der Waals surface area contributed by atoms with Gasteiger partial charge in [0.05, 0.1) is 0 Å². The third kappa shape index (κ3) is 3.59. The zero-order valence-corrected chi connectivity index (χ0v) is 14.3. The molecule has 1 unspecified atom stereocenters. The second-order valence-electron chi connectivity index (χ2n) is 6.27. The Hall–Kier alpha value is -3.15. The molecule has 6 heteroatoms. The summed E-state index contributed by atoms with van der Waals surface area (Å²) in [5.74, 6) is -1.70. The zero-order valence-electron chi connectivity index (χ0n) is 14.3. The maximum absolute atomic E-state index is 12.0. The van der Waals surface area contributed by atoms with Gasteiger partial charge < -0.3 is 15.2 Å². The summed E-state index contributed by atoms with van der Waals surface area (Å²) >= 11 is 0. The lowest BCUT2D eigenvalue weighted by molar-refractivity contribution is -0.141. The van der Waals surface area contributed by atoms with Gasteiger partial charge in [0, 0.05) is 12.3 Å². The summed E-state index contributed by atoms with van der Waals surface area (Å²) in [4.78, 5) is 34.3. The van der Waals surface area contributed by atoms with Crippen molar-refractivity contribution in [1.82, 2.24) is 5.32 Å². The molecular formula is C20H19NO5. The van der Waals surface area contributed by atoms with Gasteiger partial charge in [0.25, 0.3) is 0 Å². The van der Waals surface area contributed by atoms with Crippen LogP contribution in [0.3, 0.4) is 0 Å². The van der Waals surface area contributed by atoms with E-state index in [4.69, 9.17) is 9.84 Å². The van der Waals surface area contributed by atoms with E-state index in [2.05, 4.69) is 5.32 Å². The Morgan fingerprint density at radius 3 is 2.08 bits per heavy atom. The molecule has 1 atom stereocenters. The highest BCUT2D eigenvalue weighted by molar-refractivity contribution is 5.87. The molecule has 134 valence electrons. The van der Waals surface area contributed by atoms with Crippen LogP contribution in [0.2, 0.25) is 0 Å². The van der Waals surface area contributed by atoms with Crippen LogP contribution in [-0.2, 0) is 14.3 Å². The number of fused-ring (bicyclic) bond motifs is 3. The van der Waals surface area contributed by atoms with Crippen LogP contribution in [0.1, 0.15) is 30.4 Å². The first-order valence-electron chi connectivity index (χ1n) is 8.31. The third-order valence-corrected chi connectivity index (χ3v) is 4.43. The van der Waals surface area contributed by atoms with Crippen LogP contribution in [0.25, 0.3) is 11.1 Å². The molecule has 0 heterocycles. The largest absolute Gasteiger partial charge is 0.480 e. The molecule has 0 aliphatic heterocycles. The number of carboxylic acids is 1. The van der Waals surface area contributed by atoms with E-state index in [1.54, 1.807) is 0 Å². The monoisotopic (exact) mass is 353 g/mol. The van der Waals surface area contributed by atoms with E-state index in [9.17, 15) is 14.4 Å². The Morgan fingerprint density at radius 1 is 1.04 bits per heavy atom. The van der Waals surface area contributed by atoms with Crippen molar-refractivity contribution in [2.45, 2.75) is 25.3 Å². The Labute approximate surface area is 150 Å². The number of amides is 1. The predicted molar refractivity (Wildman–Crippen MR) is 94.9 cm³/mol. The van der Waals surface area contributed by atoms with Crippen LogP contribution in [0.5, 0.6) is 0 Å². The minimum absolute atomic E-state index is 0.0896. The number of carbonyl (C=O) groups excluding carboxylic acids is 2. The van der Waals surface area contributed by atoms with Gasteiger partial charge in [-0.2, -0.15) is 0 Å². The molecule has 2 N–H and O–H groups in total. The first-order chi connectivity index (χ1) is 12.5. The predicted octanol–water partition coefficient (Wildman–Crippen LogP) is 2.96. The maximum atomic E-state index is 12.0. The maximum Gasteiger partial charge on any atom is 0.407 e. The lowest BCUT2D eigenvalue weighted by Crippen LogP contribution is -2.42. The van der Waals surface area contributed by atoms with Gasteiger partial charge in [0.15, 0.2) is 0 Å². The Kier molecular flexibility index (Phi) is 5.02. The summed E-state index contributed by atoms with van der Waals surface area (Å²) in [5, 5.41) is 11.3. The summed E-state index contributed by atoms with van der Waals surface area (Å²) in [5.41, 5.74) is 4.36. The van der Waals surface area contributed by atoms with Gasteiger partial charge in [-0.1, -0.05) is 48.5 Å². The Balaban J connectivity index is 1.71. The number of carbonyl (C=O) groups is 3. The summed E-state index contributed by atoms with van der Waals surface area (Å²) < 4.78 is 5.28. The Bertz CT molecular complexity index is 815. The molecule has 2 aromatic rings. The quantitative estimate of drug-likeness (QED) is 0.833. The van der Waals surface area contributed by atoms with Crippen molar-refractivity contribution < 1.29 is 24.2 Å². The molecule has 0 fully saturated rings. The van der Waals surface area contributed by atoms with E-state index in [0.29, 0.717) is 0 Å². The number of alkyl carbamates (subject to hydrolysis) is 1. The number of nitrogens with one attached hydrogen (secondary N) is 1. The van der Waals surface area contributed by atoms with Gasteiger partial charge in [0.2, 0.25) is 0 Å². The zero-order chi connectivity index (χ0) is 18.7. The van der Waals surface area contributed by atoms with Crippen molar-refractivity contribution >= 4 is 17.8 Å². The van der Waals surface area contributed by atoms with Crippen molar-refractivity contribution in [3.8, 4) is 11.1 Å². The smallest absolute Gasteiger partial charge is 0.407 e. The number of hydrogen-bond acceptors (Lipinski definition) is 4. The highest BCUT2D eigenvalue weighted by atomic mass is 16.5. The average molecular weight is 353 g/mol. The molecule has 1 aliphatic carbocycles. The van der Waals surface area contributed by atoms with Crippen LogP contribution in [0.15, 0.2) is 48.5 Å². The number of ketones is 1. The minimum atomic E-state index is -1.29. The third-order valence-electron chi connectivity index (χ3n) is 4.43. The van der Waals surface area contributed by atoms with Gasteiger partial charge in [-0.3, -0.25) is 4.79 Å². The molecule has 0 radical (unpaired) electrons. The van der Waals surface area contributed by atoms with Crippen LogP contribution in [-0.4, -0.2) is 35.6 Å². The second-order valence-corrected chi connectivity index (χ2v) is 6.27. The highest BCUT2D eigenvalue weighted by Gasteiger charge is 2.29. The van der Waals surface area contributed by atoms with Crippen molar-refractivity contribution in [2.75, 3.05) is 6.61 Å². The molecule has 2 aromatic carbocycles. The number of hydrogen-bond donors (Lipinski definition) is 2. The van der Waals surface area contributed by atoms with E-state index >= 15 is 0 Å². The number of aliphatic carboxylic acids is 1. The summed E-state index contributed by atoms with van der Waals surface area (Å²) in [6, 6.07) is 14.6. The van der Waals surface area contributed by atoms with Gasteiger partial charge in [0.1, 0.15) is 18.4 Å². The number of Topliss-reactive ketones (excluding diaryl/α,β-unsaturated/α-hetero) is 1. The molecule has 0 aromatic heterocycles. The first kappa shape index (κ1) is 17.7. The van der Waals surface area contributed by atoms with Gasteiger partial charge in [-0.05, 0) is 29.2 Å². The fourth-order valence-corrected chi connectivity index (χ4v) is 3.27. The Morgan fingerprint density at radius 2 is 1.58 bits per heavy atom. The fourth-order valence-electron chi connectivity index (χ4n) is 3.27. The fraction of sp³-hybridized carbons (Fsp3) is 0.250. The van der Waals surface area contributed by atoms with E-state index in [0.717, 1.165) is 22.3 Å².